The van der Waals surface area contributed by atoms with Crippen LogP contribution in [0.2, 0.25) is 0 Å². The second-order valence-corrected chi connectivity index (χ2v) is 4.91. The first-order valence-corrected chi connectivity index (χ1v) is 6.27. The van der Waals surface area contributed by atoms with Gasteiger partial charge < -0.3 is 9.47 Å². The number of aromatic nitrogens is 3. The van der Waals surface area contributed by atoms with E-state index in [1.165, 1.54) is 6.07 Å². The molecule has 0 bridgehead atoms. The Morgan fingerprint density at radius 3 is 2.70 bits per heavy atom. The molecule has 1 fully saturated rings. The van der Waals surface area contributed by atoms with E-state index in [9.17, 15) is 13.2 Å². The zero-order valence-electron chi connectivity index (χ0n) is 10.6. The number of halogens is 3. The van der Waals surface area contributed by atoms with Gasteiger partial charge in [-0.05, 0) is 12.1 Å². The van der Waals surface area contributed by atoms with Gasteiger partial charge in [-0.1, -0.05) is 6.07 Å². The molecule has 4 nitrogen and oxygen atoms in total. The molecule has 0 atom stereocenters. The lowest BCUT2D eigenvalue weighted by atomic mass is 10.00. The molecular formula is C13H13F3N4. The maximum atomic E-state index is 12.6. The van der Waals surface area contributed by atoms with Crippen molar-refractivity contribution < 1.29 is 13.2 Å². The fraction of sp³-hybridized carbons (Fsp3) is 0.385. The average Bonchev–Trinajstić information content (AvgIpc) is 2.85. The van der Waals surface area contributed by atoms with Crippen molar-refractivity contribution in [2.45, 2.75) is 12.7 Å². The first-order valence-electron chi connectivity index (χ1n) is 6.27. The first kappa shape index (κ1) is 13.0. The SMILES string of the molecule is FC(F)(F)c1cccc(N2CC(Cn3ccnc3)C2)n1. The van der Waals surface area contributed by atoms with Crippen molar-refractivity contribution in [2.24, 2.45) is 5.92 Å². The topological polar surface area (TPSA) is 34.0 Å². The predicted octanol–water partition coefficient (Wildman–Crippen LogP) is 2.43. The molecule has 0 spiro atoms. The monoisotopic (exact) mass is 282 g/mol. The lowest BCUT2D eigenvalue weighted by Crippen LogP contribution is -2.49. The molecule has 0 aromatic carbocycles. The van der Waals surface area contributed by atoms with Gasteiger partial charge in [-0.15, -0.1) is 0 Å². The van der Waals surface area contributed by atoms with Crippen molar-refractivity contribution in [2.75, 3.05) is 18.0 Å². The van der Waals surface area contributed by atoms with Crippen LogP contribution in [0.4, 0.5) is 19.0 Å². The van der Waals surface area contributed by atoms with Crippen LogP contribution in [-0.4, -0.2) is 27.6 Å². The number of alkyl halides is 3. The average molecular weight is 282 g/mol. The number of anilines is 1. The molecule has 2 aromatic rings. The summed E-state index contributed by atoms with van der Waals surface area (Å²) in [6.07, 6.45) is 0.943. The van der Waals surface area contributed by atoms with Crippen LogP contribution < -0.4 is 4.90 Å². The fourth-order valence-corrected chi connectivity index (χ4v) is 2.32. The van der Waals surface area contributed by atoms with Crippen LogP contribution in [0.15, 0.2) is 36.9 Å². The molecule has 3 rings (SSSR count). The number of pyridine rings is 1. The molecule has 106 valence electrons. The van der Waals surface area contributed by atoms with Crippen LogP contribution in [0, 0.1) is 5.92 Å². The van der Waals surface area contributed by atoms with Crippen LogP contribution in [0.25, 0.3) is 0 Å². The van der Waals surface area contributed by atoms with Crippen molar-refractivity contribution >= 4 is 5.82 Å². The van der Waals surface area contributed by atoms with Crippen molar-refractivity contribution in [1.82, 2.24) is 14.5 Å². The van der Waals surface area contributed by atoms with E-state index in [1.54, 1.807) is 18.6 Å². The highest BCUT2D eigenvalue weighted by atomic mass is 19.4. The van der Waals surface area contributed by atoms with Gasteiger partial charge in [0.05, 0.1) is 6.33 Å². The highest BCUT2D eigenvalue weighted by Crippen LogP contribution is 2.30. The van der Waals surface area contributed by atoms with Crippen LogP contribution in [0.5, 0.6) is 0 Å². The highest BCUT2D eigenvalue weighted by molar-refractivity contribution is 5.42. The van der Waals surface area contributed by atoms with E-state index in [2.05, 4.69) is 9.97 Å². The predicted molar refractivity (Wildman–Crippen MR) is 67.2 cm³/mol. The molecule has 0 amide bonds. The number of rotatable bonds is 3. The quantitative estimate of drug-likeness (QED) is 0.867. The summed E-state index contributed by atoms with van der Waals surface area (Å²) >= 11 is 0. The smallest absolute Gasteiger partial charge is 0.356 e. The molecule has 1 saturated heterocycles. The van der Waals surface area contributed by atoms with E-state index < -0.39 is 11.9 Å². The lowest BCUT2D eigenvalue weighted by Gasteiger charge is -2.40. The van der Waals surface area contributed by atoms with E-state index in [1.807, 2.05) is 15.7 Å². The van der Waals surface area contributed by atoms with Gasteiger partial charge in [0.15, 0.2) is 0 Å². The zero-order valence-corrected chi connectivity index (χ0v) is 10.6. The highest BCUT2D eigenvalue weighted by Gasteiger charge is 2.34. The summed E-state index contributed by atoms with van der Waals surface area (Å²) < 4.78 is 39.7. The number of hydrogen-bond acceptors (Lipinski definition) is 3. The molecule has 1 aliphatic heterocycles. The summed E-state index contributed by atoms with van der Waals surface area (Å²) in [5.41, 5.74) is -0.840. The molecule has 0 N–H and O–H groups in total. The van der Waals surface area contributed by atoms with Gasteiger partial charge in [-0.3, -0.25) is 0 Å². The fourth-order valence-electron chi connectivity index (χ4n) is 2.32. The van der Waals surface area contributed by atoms with Crippen LogP contribution in [0.1, 0.15) is 5.69 Å². The molecule has 0 aliphatic carbocycles. The molecule has 0 unspecified atom stereocenters. The Bertz CT molecular complexity index is 574. The Hall–Kier alpha value is -2.05. The summed E-state index contributed by atoms with van der Waals surface area (Å²) in [5.74, 6) is 0.808. The number of nitrogens with zero attached hydrogens (tertiary/aromatic N) is 4. The summed E-state index contributed by atoms with van der Waals surface area (Å²) in [6.45, 7) is 2.26. The van der Waals surface area contributed by atoms with Gasteiger partial charge in [0.25, 0.3) is 0 Å². The number of hydrogen-bond donors (Lipinski definition) is 0. The Kier molecular flexibility index (Phi) is 3.11. The minimum Gasteiger partial charge on any atom is -0.356 e. The van der Waals surface area contributed by atoms with Crippen molar-refractivity contribution in [3.8, 4) is 0 Å². The zero-order chi connectivity index (χ0) is 14.2. The molecule has 1 aliphatic rings. The summed E-state index contributed by atoms with van der Waals surface area (Å²) in [4.78, 5) is 9.50. The van der Waals surface area contributed by atoms with Crippen LogP contribution in [0.3, 0.4) is 0 Å². The van der Waals surface area contributed by atoms with Gasteiger partial charge >= 0.3 is 6.18 Å². The van der Waals surface area contributed by atoms with E-state index in [0.717, 1.165) is 12.6 Å². The largest absolute Gasteiger partial charge is 0.433 e. The maximum absolute atomic E-state index is 12.6. The standard InChI is InChI=1S/C13H13F3N4/c14-13(15,16)11-2-1-3-12(18-11)20-7-10(8-20)6-19-5-4-17-9-19/h1-5,9-10H,6-8H2. The minimum absolute atomic E-state index is 0.390. The Morgan fingerprint density at radius 2 is 2.05 bits per heavy atom. The molecule has 0 radical (unpaired) electrons. The van der Waals surface area contributed by atoms with Gasteiger partial charge in [-0.2, -0.15) is 13.2 Å². The number of imidazole rings is 1. The van der Waals surface area contributed by atoms with E-state index >= 15 is 0 Å². The molecular weight excluding hydrogens is 269 g/mol. The van der Waals surface area contributed by atoms with Crippen molar-refractivity contribution in [3.63, 3.8) is 0 Å². The van der Waals surface area contributed by atoms with E-state index in [0.29, 0.717) is 24.8 Å². The molecule has 0 saturated carbocycles. The molecule has 20 heavy (non-hydrogen) atoms. The third-order valence-electron chi connectivity index (χ3n) is 3.33. The summed E-state index contributed by atoms with van der Waals surface area (Å²) in [7, 11) is 0. The normalized spacial score (nSPS) is 16.2. The third-order valence-corrected chi connectivity index (χ3v) is 3.33. The molecule has 2 aromatic heterocycles. The summed E-state index contributed by atoms with van der Waals surface area (Å²) in [6, 6.07) is 4.00. The van der Waals surface area contributed by atoms with Gasteiger partial charge in [0, 0.05) is 37.9 Å². The Morgan fingerprint density at radius 1 is 1.25 bits per heavy atom. The minimum atomic E-state index is -4.39. The van der Waals surface area contributed by atoms with Gasteiger partial charge in [0.1, 0.15) is 11.5 Å². The van der Waals surface area contributed by atoms with Gasteiger partial charge in [-0.25, -0.2) is 9.97 Å². The van der Waals surface area contributed by atoms with E-state index in [4.69, 9.17) is 0 Å². The van der Waals surface area contributed by atoms with Crippen molar-refractivity contribution in [3.05, 3.63) is 42.6 Å². The van der Waals surface area contributed by atoms with Crippen LogP contribution >= 0.6 is 0 Å². The molecule has 3 heterocycles. The second-order valence-electron chi connectivity index (χ2n) is 4.91. The maximum Gasteiger partial charge on any atom is 0.433 e. The van der Waals surface area contributed by atoms with E-state index in [-0.39, 0.29) is 0 Å². The van der Waals surface area contributed by atoms with Crippen molar-refractivity contribution in [1.29, 1.82) is 0 Å². The Labute approximate surface area is 113 Å². The summed E-state index contributed by atoms with van der Waals surface area (Å²) in [5, 5.41) is 0. The van der Waals surface area contributed by atoms with Crippen LogP contribution in [-0.2, 0) is 12.7 Å². The third kappa shape index (κ3) is 2.61. The lowest BCUT2D eigenvalue weighted by molar-refractivity contribution is -0.141. The molecule has 7 heteroatoms. The Balaban J connectivity index is 1.62. The van der Waals surface area contributed by atoms with Gasteiger partial charge in [0.2, 0.25) is 0 Å². The second kappa shape index (κ2) is 4.81. The first-order chi connectivity index (χ1) is 9.52.